The molecule has 2 saturated carbocycles. The average Bonchev–Trinajstić information content (AvgIpc) is 2.56. The highest BCUT2D eigenvalue weighted by atomic mass is 35.5. The molecule has 1 heterocycles. The van der Waals surface area contributed by atoms with Crippen LogP contribution >= 0.6 is 11.6 Å². The molecule has 23 heavy (non-hydrogen) atoms. The number of nitrogens with zero attached hydrogens (tertiary/aromatic N) is 2. The van der Waals surface area contributed by atoms with Gasteiger partial charge in [0.25, 0.3) is 0 Å². The molecular formula is C17H26ClN3O2. The third kappa shape index (κ3) is 5.28. The fraction of sp³-hybridized carbons (Fsp3) is 0.824. The van der Waals surface area contributed by atoms with E-state index in [1.807, 2.05) is 0 Å². The van der Waals surface area contributed by atoms with Crippen LogP contribution in [0.15, 0.2) is 9.98 Å². The first-order chi connectivity index (χ1) is 11.2. The minimum absolute atomic E-state index is 0.0352. The molecule has 6 heteroatoms. The van der Waals surface area contributed by atoms with Crippen molar-refractivity contribution in [2.45, 2.75) is 81.7 Å². The third-order valence-electron chi connectivity index (χ3n) is 4.83. The first-order valence-electron chi connectivity index (χ1n) is 8.89. The van der Waals surface area contributed by atoms with E-state index >= 15 is 0 Å². The number of carbonyl (C=O) groups excluding carboxylic acids is 1. The molecule has 0 aromatic rings. The van der Waals surface area contributed by atoms with Gasteiger partial charge in [-0.25, -0.2) is 4.99 Å². The van der Waals surface area contributed by atoms with Gasteiger partial charge in [0.1, 0.15) is 18.3 Å². The number of nitrogens with one attached hydrogen (secondary N) is 1. The topological polar surface area (TPSA) is 63.0 Å². The number of hydrogen-bond acceptors (Lipinski definition) is 3. The van der Waals surface area contributed by atoms with Gasteiger partial charge in [-0.3, -0.25) is 9.79 Å². The molecule has 0 spiro atoms. The Bertz CT molecular complexity index is 478. The zero-order chi connectivity index (χ0) is 16.1. The van der Waals surface area contributed by atoms with Crippen LogP contribution in [0.5, 0.6) is 0 Å². The number of ether oxygens (including phenoxy) is 1. The molecule has 1 N–H and O–H groups in total. The predicted molar refractivity (Wildman–Crippen MR) is 92.4 cm³/mol. The quantitative estimate of drug-likeness (QED) is 0.799. The first-order valence-corrected chi connectivity index (χ1v) is 9.32. The minimum atomic E-state index is -0.0352. The summed E-state index contributed by atoms with van der Waals surface area (Å²) in [5, 5.41) is 3.10. The Hall–Kier alpha value is -0.940. The molecule has 0 aromatic carbocycles. The second-order valence-electron chi connectivity index (χ2n) is 6.81. The number of amidine groups is 2. The van der Waals surface area contributed by atoms with Crippen molar-refractivity contribution in [2.24, 2.45) is 9.98 Å². The van der Waals surface area contributed by atoms with Crippen molar-refractivity contribution in [3.63, 3.8) is 0 Å². The van der Waals surface area contributed by atoms with Crippen LogP contribution in [0.1, 0.15) is 64.2 Å². The highest BCUT2D eigenvalue weighted by Gasteiger charge is 2.23. The zero-order valence-electron chi connectivity index (χ0n) is 13.6. The predicted octanol–water partition coefficient (Wildman–Crippen LogP) is 3.20. The molecule has 1 aliphatic heterocycles. The fourth-order valence-electron chi connectivity index (χ4n) is 3.52. The molecule has 2 aliphatic carbocycles. The molecule has 1 amide bonds. The standard InChI is InChI=1S/C17H26ClN3O2/c18-12-6-8-13(9-7-12)19-15-10-17(22)21-16(20-15)11-23-14-4-2-1-3-5-14/h12-14H,1-11H2,(H,19,20,21,22). The maximum atomic E-state index is 11.9. The van der Waals surface area contributed by atoms with E-state index in [-0.39, 0.29) is 23.7 Å². The van der Waals surface area contributed by atoms with Gasteiger partial charge >= 0.3 is 0 Å². The average molecular weight is 340 g/mol. The molecule has 3 aliphatic rings. The summed E-state index contributed by atoms with van der Waals surface area (Å²) in [7, 11) is 0. The van der Waals surface area contributed by atoms with Gasteiger partial charge in [-0.2, -0.15) is 0 Å². The molecule has 5 nitrogen and oxygen atoms in total. The van der Waals surface area contributed by atoms with E-state index in [0.717, 1.165) is 38.5 Å². The van der Waals surface area contributed by atoms with Crippen molar-refractivity contribution in [3.05, 3.63) is 0 Å². The molecule has 0 atom stereocenters. The van der Waals surface area contributed by atoms with Gasteiger partial charge in [-0.15, -0.1) is 11.6 Å². The smallest absolute Gasteiger partial charge is 0.232 e. The van der Waals surface area contributed by atoms with E-state index in [4.69, 9.17) is 16.3 Å². The van der Waals surface area contributed by atoms with Crippen LogP contribution in [0.3, 0.4) is 0 Å². The summed E-state index contributed by atoms with van der Waals surface area (Å²) in [6, 6.07) is 0.259. The summed E-state index contributed by atoms with van der Waals surface area (Å²) in [4.78, 5) is 21.1. The lowest BCUT2D eigenvalue weighted by molar-refractivity contribution is -0.118. The Balaban J connectivity index is 1.56. The number of halogens is 1. The molecular weight excluding hydrogens is 314 g/mol. The molecule has 0 unspecified atom stereocenters. The molecule has 0 saturated heterocycles. The highest BCUT2D eigenvalue weighted by Crippen LogP contribution is 2.25. The van der Waals surface area contributed by atoms with Crippen LogP contribution in [-0.2, 0) is 9.53 Å². The third-order valence-corrected chi connectivity index (χ3v) is 5.27. The van der Waals surface area contributed by atoms with Crippen molar-refractivity contribution in [1.29, 1.82) is 0 Å². The van der Waals surface area contributed by atoms with Crippen LogP contribution < -0.4 is 5.32 Å². The molecule has 3 rings (SSSR count). The largest absolute Gasteiger partial charge is 0.370 e. The molecule has 2 fully saturated rings. The maximum Gasteiger partial charge on any atom is 0.232 e. The van der Waals surface area contributed by atoms with Crippen molar-refractivity contribution in [1.82, 2.24) is 5.32 Å². The number of hydrogen-bond donors (Lipinski definition) is 1. The lowest BCUT2D eigenvalue weighted by Crippen LogP contribution is -2.40. The van der Waals surface area contributed by atoms with Gasteiger partial charge in [-0.1, -0.05) is 19.3 Å². The van der Waals surface area contributed by atoms with E-state index in [1.54, 1.807) is 0 Å². The van der Waals surface area contributed by atoms with Crippen molar-refractivity contribution < 1.29 is 9.53 Å². The van der Waals surface area contributed by atoms with E-state index in [2.05, 4.69) is 15.3 Å². The summed E-state index contributed by atoms with van der Waals surface area (Å²) in [5.74, 6) is 1.22. The minimum Gasteiger partial charge on any atom is -0.370 e. The lowest BCUT2D eigenvalue weighted by Gasteiger charge is -2.24. The first kappa shape index (κ1) is 16.9. The Morgan fingerprint density at radius 2 is 1.87 bits per heavy atom. The normalized spacial score (nSPS) is 31.8. The van der Waals surface area contributed by atoms with Gasteiger partial charge in [0, 0.05) is 5.38 Å². The SMILES string of the molecule is O=C1CC(=NC2CCC(Cl)CC2)N=C(COC2CCCCC2)N1. The number of rotatable bonds is 4. The van der Waals surface area contributed by atoms with Crippen LogP contribution in [0, 0.1) is 0 Å². The Kier molecular flexibility index (Phi) is 6.06. The van der Waals surface area contributed by atoms with Gasteiger partial charge in [0.2, 0.25) is 5.91 Å². The highest BCUT2D eigenvalue weighted by molar-refractivity contribution is 6.20. The van der Waals surface area contributed by atoms with E-state index in [9.17, 15) is 4.79 Å². The molecule has 128 valence electrons. The van der Waals surface area contributed by atoms with Gasteiger partial charge in [-0.05, 0) is 38.5 Å². The van der Waals surface area contributed by atoms with E-state index < -0.39 is 0 Å². The van der Waals surface area contributed by atoms with Gasteiger partial charge in [0.05, 0.1) is 18.6 Å². The van der Waals surface area contributed by atoms with Crippen molar-refractivity contribution >= 4 is 29.2 Å². The van der Waals surface area contributed by atoms with Gasteiger partial charge in [0.15, 0.2) is 0 Å². The zero-order valence-corrected chi connectivity index (χ0v) is 14.4. The van der Waals surface area contributed by atoms with Gasteiger partial charge < -0.3 is 10.1 Å². The van der Waals surface area contributed by atoms with E-state index in [0.29, 0.717) is 24.4 Å². The number of aliphatic imine (C=N–C) groups is 2. The summed E-state index contributed by atoms with van der Waals surface area (Å²) in [6.45, 7) is 0.379. The van der Waals surface area contributed by atoms with Crippen molar-refractivity contribution in [3.8, 4) is 0 Å². The number of carbonyl (C=O) groups is 1. The number of amides is 1. The summed E-state index contributed by atoms with van der Waals surface area (Å²) >= 11 is 6.13. The Morgan fingerprint density at radius 1 is 1.13 bits per heavy atom. The number of alkyl halides is 1. The lowest BCUT2D eigenvalue weighted by atomic mass is 9.95. The Labute approximate surface area is 142 Å². The summed E-state index contributed by atoms with van der Waals surface area (Å²) in [6.07, 6.45) is 10.6. The van der Waals surface area contributed by atoms with Crippen LogP contribution in [0.4, 0.5) is 0 Å². The molecule has 0 bridgehead atoms. The van der Waals surface area contributed by atoms with Crippen LogP contribution in [0.25, 0.3) is 0 Å². The fourth-order valence-corrected chi connectivity index (χ4v) is 3.77. The van der Waals surface area contributed by atoms with E-state index in [1.165, 1.54) is 19.3 Å². The molecule has 0 radical (unpaired) electrons. The maximum absolute atomic E-state index is 11.9. The molecule has 0 aromatic heterocycles. The second-order valence-corrected chi connectivity index (χ2v) is 7.42. The Morgan fingerprint density at radius 3 is 2.61 bits per heavy atom. The summed E-state index contributed by atoms with van der Waals surface area (Å²) in [5.41, 5.74) is 0. The van der Waals surface area contributed by atoms with Crippen molar-refractivity contribution in [2.75, 3.05) is 6.61 Å². The summed E-state index contributed by atoms with van der Waals surface area (Å²) < 4.78 is 5.91. The monoisotopic (exact) mass is 339 g/mol. The van der Waals surface area contributed by atoms with Crippen LogP contribution in [0.2, 0.25) is 0 Å². The second kappa shape index (κ2) is 8.25. The van der Waals surface area contributed by atoms with Crippen LogP contribution in [-0.4, -0.2) is 41.7 Å².